The molecule has 1 unspecified atom stereocenters. The SMILES string of the molecule is COc1cc(C(C)(NC2CCC(C)CC2)N(C)C)ccc1Cl. The number of nitrogens with zero attached hydrogens (tertiary/aromatic N) is 1. The van der Waals surface area contributed by atoms with Crippen LogP contribution in [0.25, 0.3) is 0 Å². The molecule has 1 fully saturated rings. The van der Waals surface area contributed by atoms with Crippen LogP contribution in [0.3, 0.4) is 0 Å². The summed E-state index contributed by atoms with van der Waals surface area (Å²) in [4.78, 5) is 2.23. The van der Waals surface area contributed by atoms with Crippen molar-refractivity contribution < 1.29 is 4.74 Å². The molecule has 22 heavy (non-hydrogen) atoms. The number of hydrogen-bond donors (Lipinski definition) is 1. The van der Waals surface area contributed by atoms with Crippen LogP contribution in [0.5, 0.6) is 5.75 Å². The van der Waals surface area contributed by atoms with Crippen LogP contribution in [0.4, 0.5) is 0 Å². The molecule has 1 aliphatic carbocycles. The van der Waals surface area contributed by atoms with E-state index in [1.54, 1.807) is 7.11 Å². The van der Waals surface area contributed by atoms with Crippen LogP contribution in [0.1, 0.15) is 45.1 Å². The zero-order valence-corrected chi connectivity index (χ0v) is 15.2. The average molecular weight is 325 g/mol. The lowest BCUT2D eigenvalue weighted by Gasteiger charge is -2.42. The molecule has 1 aromatic carbocycles. The molecule has 3 nitrogen and oxygen atoms in total. The molecule has 0 bridgehead atoms. The van der Waals surface area contributed by atoms with Crippen molar-refractivity contribution in [1.29, 1.82) is 0 Å². The minimum atomic E-state index is -0.233. The van der Waals surface area contributed by atoms with Gasteiger partial charge in [0.05, 0.1) is 17.8 Å². The zero-order valence-electron chi connectivity index (χ0n) is 14.4. The van der Waals surface area contributed by atoms with Gasteiger partial charge in [-0.3, -0.25) is 10.2 Å². The summed E-state index contributed by atoms with van der Waals surface area (Å²) in [5, 5.41) is 4.52. The molecule has 1 aromatic rings. The third-order valence-corrected chi connectivity index (χ3v) is 5.42. The monoisotopic (exact) mass is 324 g/mol. The van der Waals surface area contributed by atoms with Gasteiger partial charge in [-0.25, -0.2) is 0 Å². The molecule has 0 aliphatic heterocycles. The fourth-order valence-corrected chi connectivity index (χ4v) is 3.43. The maximum atomic E-state index is 6.17. The first-order chi connectivity index (χ1) is 10.4. The predicted molar refractivity (Wildman–Crippen MR) is 93.6 cm³/mol. The molecule has 0 radical (unpaired) electrons. The summed E-state index contributed by atoms with van der Waals surface area (Å²) in [6.45, 7) is 4.58. The Bertz CT molecular complexity index is 498. The second-order valence-electron chi connectivity index (χ2n) is 6.92. The van der Waals surface area contributed by atoms with Crippen molar-refractivity contribution in [2.45, 2.75) is 51.2 Å². The molecule has 1 saturated carbocycles. The van der Waals surface area contributed by atoms with E-state index in [2.05, 4.69) is 44.2 Å². The summed E-state index contributed by atoms with van der Waals surface area (Å²) < 4.78 is 5.39. The Labute approximate surface area is 140 Å². The maximum Gasteiger partial charge on any atom is 0.137 e. The largest absolute Gasteiger partial charge is 0.495 e. The minimum absolute atomic E-state index is 0.233. The first-order valence-electron chi connectivity index (χ1n) is 8.16. The number of nitrogens with one attached hydrogen (secondary N) is 1. The minimum Gasteiger partial charge on any atom is -0.495 e. The third-order valence-electron chi connectivity index (χ3n) is 5.11. The summed E-state index contributed by atoms with van der Waals surface area (Å²) in [6.07, 6.45) is 5.11. The van der Waals surface area contributed by atoms with Crippen LogP contribution in [0, 0.1) is 5.92 Å². The highest BCUT2D eigenvalue weighted by Crippen LogP contribution is 2.33. The molecule has 0 aromatic heterocycles. The Hall–Kier alpha value is -0.770. The van der Waals surface area contributed by atoms with Gasteiger partial charge in [-0.05, 0) is 70.3 Å². The van der Waals surface area contributed by atoms with E-state index >= 15 is 0 Å². The van der Waals surface area contributed by atoms with E-state index in [9.17, 15) is 0 Å². The molecule has 0 spiro atoms. The van der Waals surface area contributed by atoms with Gasteiger partial charge >= 0.3 is 0 Å². The Morgan fingerprint density at radius 1 is 1.23 bits per heavy atom. The summed E-state index contributed by atoms with van der Waals surface area (Å²) in [6, 6.07) is 6.61. The van der Waals surface area contributed by atoms with Crippen LogP contribution in [0.15, 0.2) is 18.2 Å². The molecule has 2 rings (SSSR count). The average Bonchev–Trinajstić information content (AvgIpc) is 2.49. The normalized spacial score (nSPS) is 25.0. The van der Waals surface area contributed by atoms with Gasteiger partial charge in [-0.15, -0.1) is 0 Å². The van der Waals surface area contributed by atoms with Crippen molar-refractivity contribution in [1.82, 2.24) is 10.2 Å². The molecule has 0 amide bonds. The number of halogens is 1. The third kappa shape index (κ3) is 3.76. The highest BCUT2D eigenvalue weighted by atomic mass is 35.5. The molecule has 4 heteroatoms. The lowest BCUT2D eigenvalue weighted by molar-refractivity contribution is 0.0958. The summed E-state index contributed by atoms with van der Waals surface area (Å²) in [7, 11) is 5.88. The zero-order chi connectivity index (χ0) is 16.3. The van der Waals surface area contributed by atoms with Crippen molar-refractivity contribution in [3.05, 3.63) is 28.8 Å². The number of rotatable bonds is 5. The van der Waals surface area contributed by atoms with Gasteiger partial charge in [0.1, 0.15) is 5.75 Å². The number of methoxy groups -OCH3 is 1. The topological polar surface area (TPSA) is 24.5 Å². The van der Waals surface area contributed by atoms with Gasteiger partial charge in [0.2, 0.25) is 0 Å². The molecule has 1 atom stereocenters. The Balaban J connectivity index is 2.24. The quantitative estimate of drug-likeness (QED) is 0.819. The first kappa shape index (κ1) is 17.6. The number of benzene rings is 1. The molecular weight excluding hydrogens is 296 g/mol. The lowest BCUT2D eigenvalue weighted by Crippen LogP contribution is -2.55. The standard InChI is InChI=1S/C18H29ClN2O/c1-13-6-9-15(10-7-13)20-18(2,21(3)4)14-8-11-16(19)17(12-14)22-5/h8,11-13,15,20H,6-7,9-10H2,1-5H3. The molecular formula is C18H29ClN2O. The van der Waals surface area contributed by atoms with E-state index < -0.39 is 0 Å². The van der Waals surface area contributed by atoms with Gasteiger partial charge in [0, 0.05) is 6.04 Å². The molecule has 0 saturated heterocycles. The smallest absolute Gasteiger partial charge is 0.137 e. The van der Waals surface area contributed by atoms with Gasteiger partial charge in [-0.2, -0.15) is 0 Å². The fourth-order valence-electron chi connectivity index (χ4n) is 3.24. The van der Waals surface area contributed by atoms with E-state index in [1.807, 2.05) is 12.1 Å². The van der Waals surface area contributed by atoms with Gasteiger partial charge in [-0.1, -0.05) is 24.6 Å². The summed E-state index contributed by atoms with van der Waals surface area (Å²) in [5.74, 6) is 1.59. The second kappa shape index (κ2) is 7.20. The highest BCUT2D eigenvalue weighted by Gasteiger charge is 2.33. The predicted octanol–water partition coefficient (Wildman–Crippen LogP) is 4.25. The maximum absolute atomic E-state index is 6.17. The van der Waals surface area contributed by atoms with E-state index in [0.717, 1.165) is 11.7 Å². The Morgan fingerprint density at radius 3 is 2.41 bits per heavy atom. The van der Waals surface area contributed by atoms with Crippen LogP contribution in [-0.4, -0.2) is 32.1 Å². The highest BCUT2D eigenvalue weighted by molar-refractivity contribution is 6.32. The van der Waals surface area contributed by atoms with Crippen LogP contribution >= 0.6 is 11.6 Å². The van der Waals surface area contributed by atoms with Gasteiger partial charge in [0.15, 0.2) is 0 Å². The fraction of sp³-hybridized carbons (Fsp3) is 0.667. The molecule has 1 N–H and O–H groups in total. The Kier molecular flexibility index (Phi) is 5.76. The van der Waals surface area contributed by atoms with Gasteiger partial charge in [0.25, 0.3) is 0 Å². The summed E-state index contributed by atoms with van der Waals surface area (Å²) in [5.41, 5.74) is 0.945. The molecule has 1 aliphatic rings. The van der Waals surface area contributed by atoms with Gasteiger partial charge < -0.3 is 4.74 Å². The van der Waals surface area contributed by atoms with Crippen molar-refractivity contribution in [2.75, 3.05) is 21.2 Å². The number of hydrogen-bond acceptors (Lipinski definition) is 3. The Morgan fingerprint density at radius 2 is 1.86 bits per heavy atom. The number of ether oxygens (including phenoxy) is 1. The van der Waals surface area contributed by atoms with Crippen LogP contribution < -0.4 is 10.1 Å². The summed E-state index contributed by atoms with van der Waals surface area (Å²) >= 11 is 6.17. The van der Waals surface area contributed by atoms with E-state index in [0.29, 0.717) is 11.1 Å². The molecule has 0 heterocycles. The van der Waals surface area contributed by atoms with Crippen molar-refractivity contribution >= 4 is 11.6 Å². The first-order valence-corrected chi connectivity index (χ1v) is 8.53. The van der Waals surface area contributed by atoms with E-state index in [1.165, 1.54) is 31.2 Å². The lowest BCUT2D eigenvalue weighted by atomic mass is 9.86. The van der Waals surface area contributed by atoms with Crippen molar-refractivity contribution in [3.8, 4) is 5.75 Å². The van der Waals surface area contributed by atoms with Crippen LogP contribution in [0.2, 0.25) is 5.02 Å². The van der Waals surface area contributed by atoms with Crippen molar-refractivity contribution in [3.63, 3.8) is 0 Å². The van der Waals surface area contributed by atoms with Crippen molar-refractivity contribution in [2.24, 2.45) is 5.92 Å². The van der Waals surface area contributed by atoms with E-state index in [4.69, 9.17) is 16.3 Å². The second-order valence-corrected chi connectivity index (χ2v) is 7.32. The van der Waals surface area contributed by atoms with Crippen LogP contribution in [-0.2, 0) is 5.66 Å². The molecule has 124 valence electrons. The van der Waals surface area contributed by atoms with E-state index in [-0.39, 0.29) is 5.66 Å².